The molecule has 0 N–H and O–H groups in total. The van der Waals surface area contributed by atoms with Gasteiger partial charge in [-0.15, -0.1) is 0 Å². The van der Waals surface area contributed by atoms with E-state index in [2.05, 4.69) is 20.8 Å². The van der Waals surface area contributed by atoms with Crippen molar-refractivity contribution in [1.29, 1.82) is 0 Å². The number of ether oxygens (including phenoxy) is 2. The summed E-state index contributed by atoms with van der Waals surface area (Å²) in [7, 11) is 2.60. The smallest absolute Gasteiger partial charge is 0.325 e. The predicted molar refractivity (Wildman–Crippen MR) is 102 cm³/mol. The summed E-state index contributed by atoms with van der Waals surface area (Å²) >= 11 is 3.44. The molecule has 0 bridgehead atoms. The molecule has 0 saturated carbocycles. The second-order valence-corrected chi connectivity index (χ2v) is 7.22. The maximum atomic E-state index is 12.6. The van der Waals surface area contributed by atoms with Gasteiger partial charge >= 0.3 is 11.9 Å². The van der Waals surface area contributed by atoms with E-state index in [1.165, 1.54) is 14.2 Å². The molecule has 2 aromatic rings. The Bertz CT molecular complexity index is 775. The summed E-state index contributed by atoms with van der Waals surface area (Å²) in [5.74, 6) is -1.13. The quantitative estimate of drug-likeness (QED) is 0.560. The zero-order chi connectivity index (χ0) is 18.7. The van der Waals surface area contributed by atoms with Crippen LogP contribution in [-0.2, 0) is 19.1 Å². The van der Waals surface area contributed by atoms with Crippen LogP contribution in [0.5, 0.6) is 0 Å². The van der Waals surface area contributed by atoms with Crippen LogP contribution in [0.15, 0.2) is 59.1 Å². The largest absolute Gasteiger partial charge is 0.468 e. The van der Waals surface area contributed by atoms with Crippen molar-refractivity contribution in [2.75, 3.05) is 25.7 Å². The van der Waals surface area contributed by atoms with Crippen LogP contribution in [0, 0.1) is 5.41 Å². The molecule has 5 nitrogen and oxygen atoms in total. The summed E-state index contributed by atoms with van der Waals surface area (Å²) in [5.41, 5.74) is 0.610. The van der Waals surface area contributed by atoms with Gasteiger partial charge in [0.15, 0.2) is 5.41 Å². The Morgan fingerprint density at radius 1 is 1.00 bits per heavy atom. The lowest BCUT2D eigenvalue weighted by Crippen LogP contribution is -2.43. The topological polar surface area (TPSA) is 55.8 Å². The molecule has 1 aliphatic heterocycles. The van der Waals surface area contributed by atoms with Crippen molar-refractivity contribution in [3.8, 4) is 0 Å². The minimum absolute atomic E-state index is 0.143. The first-order valence-electron chi connectivity index (χ1n) is 8.26. The number of rotatable bonds is 4. The zero-order valence-electron chi connectivity index (χ0n) is 14.6. The number of hydrogen-bond donors (Lipinski definition) is 0. The minimum atomic E-state index is -1.35. The van der Waals surface area contributed by atoms with Gasteiger partial charge in [0.2, 0.25) is 0 Å². The minimum Gasteiger partial charge on any atom is -0.468 e. The lowest BCUT2D eigenvalue weighted by Gasteiger charge is -2.27. The van der Waals surface area contributed by atoms with E-state index in [0.29, 0.717) is 6.42 Å². The van der Waals surface area contributed by atoms with Crippen molar-refractivity contribution < 1.29 is 19.1 Å². The van der Waals surface area contributed by atoms with E-state index in [9.17, 15) is 9.59 Å². The van der Waals surface area contributed by atoms with Gasteiger partial charge in [-0.1, -0.05) is 46.3 Å². The highest BCUT2D eigenvalue weighted by molar-refractivity contribution is 9.10. The second-order valence-electron chi connectivity index (χ2n) is 6.30. The molecule has 1 saturated heterocycles. The maximum absolute atomic E-state index is 12.6. The van der Waals surface area contributed by atoms with Gasteiger partial charge in [0.1, 0.15) is 0 Å². The van der Waals surface area contributed by atoms with Crippen LogP contribution in [0.4, 0.5) is 5.69 Å². The fourth-order valence-electron chi connectivity index (χ4n) is 3.55. The number of carbonyl (C=O) groups excluding carboxylic acids is 2. The number of methoxy groups -OCH3 is 2. The molecule has 3 rings (SSSR count). The molecule has 2 aromatic carbocycles. The van der Waals surface area contributed by atoms with Crippen molar-refractivity contribution >= 4 is 33.6 Å². The van der Waals surface area contributed by atoms with Crippen molar-refractivity contribution in [3.05, 3.63) is 64.6 Å². The number of hydrogen-bond acceptors (Lipinski definition) is 5. The molecule has 6 heteroatoms. The summed E-state index contributed by atoms with van der Waals surface area (Å²) in [6, 6.07) is 17.5. The Balaban J connectivity index is 2.08. The first-order chi connectivity index (χ1) is 12.5. The number of halogens is 1. The third kappa shape index (κ3) is 3.21. The van der Waals surface area contributed by atoms with Gasteiger partial charge in [-0.3, -0.25) is 9.59 Å². The van der Waals surface area contributed by atoms with Crippen LogP contribution in [0.2, 0.25) is 0 Å². The van der Waals surface area contributed by atoms with Crippen molar-refractivity contribution in [1.82, 2.24) is 0 Å². The van der Waals surface area contributed by atoms with Gasteiger partial charge in [0, 0.05) is 23.1 Å². The average Bonchev–Trinajstić information content (AvgIpc) is 3.10. The highest BCUT2D eigenvalue weighted by atomic mass is 79.9. The lowest BCUT2D eigenvalue weighted by molar-refractivity contribution is -0.167. The average molecular weight is 418 g/mol. The fraction of sp³-hybridized carbons (Fsp3) is 0.300. The molecular weight excluding hydrogens is 398 g/mol. The first-order valence-corrected chi connectivity index (χ1v) is 9.05. The number of anilines is 1. The van der Waals surface area contributed by atoms with Crippen LogP contribution >= 0.6 is 15.9 Å². The number of nitrogens with zero attached hydrogens (tertiary/aromatic N) is 1. The number of carbonyl (C=O) groups is 2. The molecule has 0 unspecified atom stereocenters. The molecule has 1 fully saturated rings. The predicted octanol–water partition coefficient (Wildman–Crippen LogP) is 3.73. The standard InChI is InChI=1S/C20H20BrNO4/c1-25-18(23)20(19(24)26-2)12-17(14-6-4-3-5-7-14)22(13-20)16-10-8-15(21)9-11-16/h3-11,17H,12-13H2,1-2H3/t17-/m1/s1. The van der Waals surface area contributed by atoms with Gasteiger partial charge in [0.05, 0.1) is 20.3 Å². The molecule has 0 radical (unpaired) electrons. The van der Waals surface area contributed by atoms with Gasteiger partial charge < -0.3 is 14.4 Å². The van der Waals surface area contributed by atoms with E-state index in [4.69, 9.17) is 9.47 Å². The van der Waals surface area contributed by atoms with Crippen molar-refractivity contribution in [2.45, 2.75) is 12.5 Å². The van der Waals surface area contributed by atoms with Gasteiger partial charge in [-0.05, 0) is 29.8 Å². The molecule has 0 aromatic heterocycles. The normalized spacial score (nSPS) is 18.4. The Hall–Kier alpha value is -2.34. The molecule has 1 aliphatic rings. The van der Waals surface area contributed by atoms with Gasteiger partial charge in [-0.25, -0.2) is 0 Å². The Morgan fingerprint density at radius 2 is 1.58 bits per heavy atom. The summed E-state index contributed by atoms with van der Waals surface area (Å²) < 4.78 is 10.9. The summed E-state index contributed by atoms with van der Waals surface area (Å²) in [4.78, 5) is 27.2. The van der Waals surface area contributed by atoms with Crippen molar-refractivity contribution in [3.63, 3.8) is 0 Å². The summed E-state index contributed by atoms with van der Waals surface area (Å²) in [6.45, 7) is 0.202. The maximum Gasteiger partial charge on any atom is 0.325 e. The van der Waals surface area contributed by atoms with Crippen LogP contribution in [0.1, 0.15) is 18.0 Å². The molecular formula is C20H20BrNO4. The molecule has 0 amide bonds. The third-order valence-corrected chi connectivity index (χ3v) is 5.38. The van der Waals surface area contributed by atoms with Crippen LogP contribution < -0.4 is 4.90 Å². The van der Waals surface area contributed by atoms with E-state index in [-0.39, 0.29) is 12.6 Å². The first kappa shape index (κ1) is 18.5. The molecule has 136 valence electrons. The van der Waals surface area contributed by atoms with E-state index in [1.807, 2.05) is 54.6 Å². The van der Waals surface area contributed by atoms with E-state index < -0.39 is 17.4 Å². The zero-order valence-corrected chi connectivity index (χ0v) is 16.2. The van der Waals surface area contributed by atoms with Gasteiger partial charge in [0.25, 0.3) is 0 Å². The van der Waals surface area contributed by atoms with E-state index in [1.54, 1.807) is 0 Å². The second kappa shape index (κ2) is 7.50. The number of benzene rings is 2. The molecule has 1 atom stereocenters. The molecule has 0 aliphatic carbocycles. The molecule has 26 heavy (non-hydrogen) atoms. The highest BCUT2D eigenvalue weighted by Crippen LogP contribution is 2.47. The van der Waals surface area contributed by atoms with Crippen LogP contribution in [0.3, 0.4) is 0 Å². The van der Waals surface area contributed by atoms with E-state index in [0.717, 1.165) is 15.7 Å². The molecule has 0 spiro atoms. The Morgan fingerprint density at radius 3 is 2.12 bits per heavy atom. The SMILES string of the molecule is COC(=O)C1(C(=O)OC)C[C@H](c2ccccc2)N(c2ccc(Br)cc2)C1. The monoisotopic (exact) mass is 417 g/mol. The highest BCUT2D eigenvalue weighted by Gasteiger charge is 2.57. The molecule has 1 heterocycles. The summed E-state index contributed by atoms with van der Waals surface area (Å²) in [5, 5.41) is 0. The van der Waals surface area contributed by atoms with Crippen molar-refractivity contribution in [2.24, 2.45) is 5.41 Å². The summed E-state index contributed by atoms with van der Waals surface area (Å²) in [6.07, 6.45) is 0.298. The Labute approximate surface area is 161 Å². The Kier molecular flexibility index (Phi) is 5.32. The number of esters is 2. The van der Waals surface area contributed by atoms with Crippen LogP contribution in [-0.4, -0.2) is 32.7 Å². The van der Waals surface area contributed by atoms with Crippen LogP contribution in [0.25, 0.3) is 0 Å². The third-order valence-electron chi connectivity index (χ3n) is 4.85. The lowest BCUT2D eigenvalue weighted by atomic mass is 9.84. The van der Waals surface area contributed by atoms with Gasteiger partial charge in [-0.2, -0.15) is 0 Å². The van der Waals surface area contributed by atoms with E-state index >= 15 is 0 Å². The fourth-order valence-corrected chi connectivity index (χ4v) is 3.82.